The van der Waals surface area contributed by atoms with Crippen LogP contribution >= 0.6 is 15.9 Å². The molecular weight excluding hydrogens is 456 g/mol. The van der Waals surface area contributed by atoms with Gasteiger partial charge in [0.25, 0.3) is 0 Å². The van der Waals surface area contributed by atoms with Gasteiger partial charge in [-0.3, -0.25) is 14.4 Å². The van der Waals surface area contributed by atoms with E-state index in [0.29, 0.717) is 22.4 Å². The summed E-state index contributed by atoms with van der Waals surface area (Å²) < 4.78 is 6.32. The van der Waals surface area contributed by atoms with E-state index in [4.69, 9.17) is 4.74 Å². The van der Waals surface area contributed by atoms with Crippen molar-refractivity contribution in [3.05, 3.63) is 99.5 Å². The molecule has 0 saturated carbocycles. The number of carbonyl (C=O) groups is 3. The van der Waals surface area contributed by atoms with E-state index in [1.54, 1.807) is 55.5 Å². The Morgan fingerprint density at radius 3 is 2.29 bits per heavy atom. The first-order valence-electron chi connectivity index (χ1n) is 10.1. The molecule has 156 valence electrons. The van der Waals surface area contributed by atoms with Gasteiger partial charge in [0.2, 0.25) is 0 Å². The molecule has 3 atom stereocenters. The number of Topliss-reactive ketones (excluding diaryl/α,β-unsaturated/α-hetero) is 2. The predicted octanol–water partition coefficient (Wildman–Crippen LogP) is 5.78. The van der Waals surface area contributed by atoms with E-state index in [1.807, 2.05) is 31.2 Å². The van der Waals surface area contributed by atoms with E-state index >= 15 is 0 Å². The van der Waals surface area contributed by atoms with Crippen molar-refractivity contribution < 1.29 is 19.1 Å². The van der Waals surface area contributed by atoms with Gasteiger partial charge in [-0.2, -0.15) is 0 Å². The van der Waals surface area contributed by atoms with Crippen LogP contribution in [0.5, 0.6) is 5.75 Å². The molecule has 1 heterocycles. The van der Waals surface area contributed by atoms with Crippen LogP contribution in [0, 0.1) is 18.8 Å². The van der Waals surface area contributed by atoms with Crippen LogP contribution in [0.1, 0.15) is 44.7 Å². The highest BCUT2D eigenvalue weighted by atomic mass is 79.9. The van der Waals surface area contributed by atoms with E-state index in [0.717, 1.165) is 10.0 Å². The minimum absolute atomic E-state index is 0.114. The number of ether oxygens (including phenoxy) is 1. The van der Waals surface area contributed by atoms with Gasteiger partial charge in [0.1, 0.15) is 11.7 Å². The second-order valence-corrected chi connectivity index (χ2v) is 8.77. The Morgan fingerprint density at radius 2 is 1.61 bits per heavy atom. The summed E-state index contributed by atoms with van der Waals surface area (Å²) in [6.45, 7) is 3.73. The summed E-state index contributed by atoms with van der Waals surface area (Å²) in [6, 6.07) is 21.3. The molecule has 0 radical (unpaired) electrons. The van der Waals surface area contributed by atoms with Crippen molar-refractivity contribution in [3.8, 4) is 5.75 Å². The number of rotatable bonds is 5. The summed E-state index contributed by atoms with van der Waals surface area (Å²) in [7, 11) is 0. The standard InChI is InChI=1S/C26H21BrO4/c1-15-8-10-18(11-9-15)24(28)16(2)22-20-14-19(27)12-13-21(20)31-26(30)23(22)25(29)17-6-4-3-5-7-17/h3-14,16,22-23H,1-2H3/t16-,22+,23-/m1/s1. The van der Waals surface area contributed by atoms with Crippen molar-refractivity contribution in [2.45, 2.75) is 19.8 Å². The van der Waals surface area contributed by atoms with Crippen LogP contribution in [-0.2, 0) is 4.79 Å². The molecule has 0 spiro atoms. The first-order valence-corrected chi connectivity index (χ1v) is 10.9. The summed E-state index contributed by atoms with van der Waals surface area (Å²) in [5.74, 6) is -3.05. The first-order chi connectivity index (χ1) is 14.9. The monoisotopic (exact) mass is 476 g/mol. The Balaban J connectivity index is 1.81. The zero-order chi connectivity index (χ0) is 22.1. The van der Waals surface area contributed by atoms with Gasteiger partial charge in [0, 0.05) is 33.0 Å². The van der Waals surface area contributed by atoms with Gasteiger partial charge in [-0.1, -0.05) is 83.0 Å². The molecule has 3 aromatic rings. The number of halogens is 1. The molecule has 0 bridgehead atoms. The van der Waals surface area contributed by atoms with Crippen LogP contribution in [-0.4, -0.2) is 17.5 Å². The van der Waals surface area contributed by atoms with Gasteiger partial charge in [-0.05, 0) is 25.1 Å². The number of ketones is 2. The van der Waals surface area contributed by atoms with Crippen molar-refractivity contribution in [3.63, 3.8) is 0 Å². The lowest BCUT2D eigenvalue weighted by molar-refractivity contribution is -0.139. The first kappa shape index (κ1) is 21.2. The van der Waals surface area contributed by atoms with Crippen molar-refractivity contribution in [1.29, 1.82) is 0 Å². The largest absolute Gasteiger partial charge is 0.426 e. The SMILES string of the molecule is Cc1ccc(C(=O)[C@H](C)[C@H]2c3cc(Br)ccc3OC(=O)[C@H]2C(=O)c2ccccc2)cc1. The number of fused-ring (bicyclic) bond motifs is 1. The Bertz CT molecular complexity index is 1150. The fourth-order valence-electron chi connectivity index (χ4n) is 4.12. The second kappa shape index (κ2) is 8.60. The summed E-state index contributed by atoms with van der Waals surface area (Å²) in [6.07, 6.45) is 0. The minimum Gasteiger partial charge on any atom is -0.426 e. The Hall–Kier alpha value is -3.05. The van der Waals surface area contributed by atoms with Crippen LogP contribution in [0.25, 0.3) is 0 Å². The molecule has 1 aliphatic rings. The molecule has 1 aliphatic heterocycles. The summed E-state index contributed by atoms with van der Waals surface area (Å²) in [4.78, 5) is 39.8. The molecule has 31 heavy (non-hydrogen) atoms. The molecule has 0 unspecified atom stereocenters. The lowest BCUT2D eigenvalue weighted by Gasteiger charge is -2.34. The highest BCUT2D eigenvalue weighted by Crippen LogP contribution is 2.45. The maximum Gasteiger partial charge on any atom is 0.322 e. The lowest BCUT2D eigenvalue weighted by Crippen LogP contribution is -2.41. The average Bonchev–Trinajstić information content (AvgIpc) is 2.78. The average molecular weight is 477 g/mol. The third-order valence-corrected chi connectivity index (χ3v) is 6.28. The number of benzene rings is 3. The van der Waals surface area contributed by atoms with E-state index in [2.05, 4.69) is 15.9 Å². The third-order valence-electron chi connectivity index (χ3n) is 5.78. The van der Waals surface area contributed by atoms with Crippen LogP contribution in [0.4, 0.5) is 0 Å². The highest BCUT2D eigenvalue weighted by Gasteiger charge is 2.47. The zero-order valence-corrected chi connectivity index (χ0v) is 18.8. The van der Waals surface area contributed by atoms with Gasteiger partial charge >= 0.3 is 5.97 Å². The van der Waals surface area contributed by atoms with E-state index in [-0.39, 0.29) is 11.6 Å². The lowest BCUT2D eigenvalue weighted by atomic mass is 9.71. The molecule has 0 fully saturated rings. The van der Waals surface area contributed by atoms with Crippen LogP contribution in [0.2, 0.25) is 0 Å². The molecule has 0 aromatic heterocycles. The van der Waals surface area contributed by atoms with Crippen LogP contribution in [0.3, 0.4) is 0 Å². The third kappa shape index (κ3) is 4.10. The molecule has 0 amide bonds. The smallest absolute Gasteiger partial charge is 0.322 e. The van der Waals surface area contributed by atoms with Crippen LogP contribution < -0.4 is 4.74 Å². The van der Waals surface area contributed by atoms with Gasteiger partial charge in [0.15, 0.2) is 11.6 Å². The predicted molar refractivity (Wildman–Crippen MR) is 121 cm³/mol. The van der Waals surface area contributed by atoms with Crippen molar-refractivity contribution in [2.24, 2.45) is 11.8 Å². The van der Waals surface area contributed by atoms with E-state index in [9.17, 15) is 14.4 Å². The molecule has 0 saturated heterocycles. The van der Waals surface area contributed by atoms with Crippen LogP contribution in [0.15, 0.2) is 77.3 Å². The molecule has 4 rings (SSSR count). The number of aryl methyl sites for hydroxylation is 1. The van der Waals surface area contributed by atoms with Gasteiger partial charge in [-0.25, -0.2) is 0 Å². The quantitative estimate of drug-likeness (QED) is 0.202. The Morgan fingerprint density at radius 1 is 0.935 bits per heavy atom. The summed E-state index contributed by atoms with van der Waals surface area (Å²) >= 11 is 3.46. The fraction of sp³-hybridized carbons (Fsp3) is 0.192. The maximum atomic E-state index is 13.4. The highest BCUT2D eigenvalue weighted by molar-refractivity contribution is 9.10. The molecule has 5 heteroatoms. The van der Waals surface area contributed by atoms with E-state index in [1.165, 1.54) is 0 Å². The molecule has 0 aliphatic carbocycles. The van der Waals surface area contributed by atoms with Gasteiger partial charge in [-0.15, -0.1) is 0 Å². The van der Waals surface area contributed by atoms with Gasteiger partial charge in [0.05, 0.1) is 0 Å². The number of esters is 1. The maximum absolute atomic E-state index is 13.4. The van der Waals surface area contributed by atoms with Crippen molar-refractivity contribution >= 4 is 33.5 Å². The van der Waals surface area contributed by atoms with Gasteiger partial charge < -0.3 is 4.74 Å². The second-order valence-electron chi connectivity index (χ2n) is 7.86. The topological polar surface area (TPSA) is 60.4 Å². The van der Waals surface area contributed by atoms with Crippen molar-refractivity contribution in [1.82, 2.24) is 0 Å². The molecular formula is C26H21BrO4. The molecule has 4 nitrogen and oxygen atoms in total. The Kier molecular flexibility index (Phi) is 5.88. The zero-order valence-electron chi connectivity index (χ0n) is 17.2. The normalized spacial score (nSPS) is 18.6. The summed E-state index contributed by atoms with van der Waals surface area (Å²) in [5, 5.41) is 0. The Labute approximate surface area is 189 Å². The van der Waals surface area contributed by atoms with Crippen molar-refractivity contribution in [2.75, 3.05) is 0 Å². The molecule has 0 N–H and O–H groups in total. The number of hydrogen-bond acceptors (Lipinski definition) is 4. The summed E-state index contributed by atoms with van der Waals surface area (Å²) in [5.41, 5.74) is 2.70. The number of carbonyl (C=O) groups excluding carboxylic acids is 3. The van der Waals surface area contributed by atoms with E-state index < -0.39 is 23.7 Å². The fourth-order valence-corrected chi connectivity index (χ4v) is 4.50. The minimum atomic E-state index is -1.10. The number of hydrogen-bond donors (Lipinski definition) is 0. The molecule has 3 aromatic carbocycles.